The van der Waals surface area contributed by atoms with E-state index in [0.717, 1.165) is 5.70 Å². The summed E-state index contributed by atoms with van der Waals surface area (Å²) in [6.07, 6.45) is 0. The summed E-state index contributed by atoms with van der Waals surface area (Å²) in [5.41, 5.74) is 3.32. The van der Waals surface area contributed by atoms with Crippen molar-refractivity contribution in [3.63, 3.8) is 0 Å². The minimum Gasteiger partial charge on any atom is -0.269 e. The van der Waals surface area contributed by atoms with Crippen LogP contribution in [0.3, 0.4) is 0 Å². The Bertz CT molecular complexity index is 319. The Hall–Kier alpha value is -1.28. The molecule has 0 radical (unpaired) electrons. The zero-order valence-electron chi connectivity index (χ0n) is 7.08. The Morgan fingerprint density at radius 2 is 2.17 bits per heavy atom. The van der Waals surface area contributed by atoms with Crippen LogP contribution in [-0.4, -0.2) is 12.1 Å². The van der Waals surface area contributed by atoms with Crippen LogP contribution < -0.4 is 0 Å². The van der Waals surface area contributed by atoms with Crippen LogP contribution >= 0.6 is 0 Å². The number of benzene rings is 1. The first-order chi connectivity index (χ1) is 5.79. The third kappa shape index (κ3) is 1.01. The van der Waals surface area contributed by atoms with E-state index in [2.05, 4.69) is 18.7 Å². The van der Waals surface area contributed by atoms with Gasteiger partial charge in [-0.1, -0.05) is 30.8 Å². The minimum atomic E-state index is 0.645. The molecule has 0 unspecified atom stereocenters. The first-order valence-electron chi connectivity index (χ1n) is 3.93. The summed E-state index contributed by atoms with van der Waals surface area (Å²) in [7, 11) is 1.87. The zero-order chi connectivity index (χ0) is 8.55. The normalized spacial score (nSPS) is 16.1. The van der Waals surface area contributed by atoms with E-state index < -0.39 is 0 Å². The van der Waals surface area contributed by atoms with E-state index in [1.165, 1.54) is 11.1 Å². The summed E-state index contributed by atoms with van der Waals surface area (Å²) in [6, 6.07) is 8.16. The van der Waals surface area contributed by atoms with Crippen molar-refractivity contribution in [3.05, 3.63) is 42.0 Å². The molecule has 0 amide bonds. The van der Waals surface area contributed by atoms with Gasteiger partial charge in [-0.2, -0.15) is 0 Å². The van der Waals surface area contributed by atoms with Gasteiger partial charge in [0.15, 0.2) is 0 Å². The van der Waals surface area contributed by atoms with E-state index >= 15 is 0 Å². The molecule has 1 aromatic rings. The molecule has 0 saturated heterocycles. The monoisotopic (exact) mass is 161 g/mol. The molecule has 12 heavy (non-hydrogen) atoms. The predicted octanol–water partition coefficient (Wildman–Crippen LogP) is 2.03. The van der Waals surface area contributed by atoms with Crippen molar-refractivity contribution in [2.75, 3.05) is 7.05 Å². The Labute approximate surface area is 72.0 Å². The molecule has 0 fully saturated rings. The van der Waals surface area contributed by atoms with Crippen molar-refractivity contribution in [2.24, 2.45) is 0 Å². The maximum Gasteiger partial charge on any atom is 0.101 e. The van der Waals surface area contributed by atoms with Gasteiger partial charge in [-0.3, -0.25) is 9.90 Å². The molecular weight excluding hydrogens is 150 g/mol. The summed E-state index contributed by atoms with van der Waals surface area (Å²) in [6.45, 7) is 4.58. The second kappa shape index (κ2) is 2.64. The van der Waals surface area contributed by atoms with Gasteiger partial charge in [0.1, 0.15) is 6.61 Å². The van der Waals surface area contributed by atoms with Crippen LogP contribution in [-0.2, 0) is 11.4 Å². The van der Waals surface area contributed by atoms with Gasteiger partial charge in [-0.15, -0.1) is 0 Å². The van der Waals surface area contributed by atoms with Crippen LogP contribution in [0, 0.1) is 0 Å². The molecule has 0 saturated carbocycles. The van der Waals surface area contributed by atoms with Crippen molar-refractivity contribution in [3.8, 4) is 0 Å². The summed E-state index contributed by atoms with van der Waals surface area (Å²) < 4.78 is 0. The highest BCUT2D eigenvalue weighted by molar-refractivity contribution is 5.64. The predicted molar refractivity (Wildman–Crippen MR) is 48.0 cm³/mol. The highest BCUT2D eigenvalue weighted by Gasteiger charge is 2.15. The van der Waals surface area contributed by atoms with Crippen molar-refractivity contribution >= 4 is 5.70 Å². The molecule has 2 nitrogen and oxygen atoms in total. The third-order valence-electron chi connectivity index (χ3n) is 2.12. The molecule has 2 heteroatoms. The fourth-order valence-electron chi connectivity index (χ4n) is 1.34. The molecule has 1 aromatic carbocycles. The second-order valence-corrected chi connectivity index (χ2v) is 2.87. The molecular formula is C10H11NO. The number of hydroxylamine groups is 2. The van der Waals surface area contributed by atoms with Crippen LogP contribution in [0.4, 0.5) is 0 Å². The van der Waals surface area contributed by atoms with Gasteiger partial charge < -0.3 is 0 Å². The van der Waals surface area contributed by atoms with Crippen LogP contribution in [0.1, 0.15) is 11.1 Å². The lowest BCUT2D eigenvalue weighted by atomic mass is 10.1. The van der Waals surface area contributed by atoms with Gasteiger partial charge >= 0.3 is 0 Å². The van der Waals surface area contributed by atoms with E-state index in [0.29, 0.717) is 6.61 Å². The SMILES string of the molecule is C=C1c2ccccc2CON1C. The summed E-state index contributed by atoms with van der Waals surface area (Å²) in [5, 5.41) is 1.71. The summed E-state index contributed by atoms with van der Waals surface area (Å²) >= 11 is 0. The molecule has 0 spiro atoms. The van der Waals surface area contributed by atoms with Crippen LogP contribution in [0.15, 0.2) is 30.8 Å². The van der Waals surface area contributed by atoms with Gasteiger partial charge in [0, 0.05) is 12.6 Å². The molecule has 0 aromatic heterocycles. The van der Waals surface area contributed by atoms with E-state index in [1.807, 2.05) is 19.2 Å². The number of fused-ring (bicyclic) bond motifs is 1. The quantitative estimate of drug-likeness (QED) is 0.577. The smallest absolute Gasteiger partial charge is 0.101 e. The molecule has 0 aliphatic carbocycles. The highest BCUT2D eigenvalue weighted by atomic mass is 16.7. The average molecular weight is 161 g/mol. The molecule has 0 N–H and O–H groups in total. The van der Waals surface area contributed by atoms with E-state index in [-0.39, 0.29) is 0 Å². The van der Waals surface area contributed by atoms with Gasteiger partial charge in [-0.25, -0.2) is 0 Å². The summed E-state index contributed by atoms with van der Waals surface area (Å²) in [4.78, 5) is 5.35. The van der Waals surface area contributed by atoms with Gasteiger partial charge in [0.05, 0.1) is 5.70 Å². The Morgan fingerprint density at radius 1 is 1.42 bits per heavy atom. The number of rotatable bonds is 0. The Kier molecular flexibility index (Phi) is 1.62. The highest BCUT2D eigenvalue weighted by Crippen LogP contribution is 2.26. The molecule has 1 aliphatic heterocycles. The van der Waals surface area contributed by atoms with Crippen molar-refractivity contribution in [1.82, 2.24) is 5.06 Å². The summed E-state index contributed by atoms with van der Waals surface area (Å²) in [5.74, 6) is 0. The molecule has 0 bridgehead atoms. The van der Waals surface area contributed by atoms with Gasteiger partial charge in [0.25, 0.3) is 0 Å². The number of nitrogens with zero attached hydrogens (tertiary/aromatic N) is 1. The molecule has 0 atom stereocenters. The minimum absolute atomic E-state index is 0.645. The molecule has 1 aliphatic rings. The maximum absolute atomic E-state index is 5.35. The third-order valence-corrected chi connectivity index (χ3v) is 2.12. The number of hydrogen-bond acceptors (Lipinski definition) is 2. The van der Waals surface area contributed by atoms with Crippen molar-refractivity contribution in [2.45, 2.75) is 6.61 Å². The largest absolute Gasteiger partial charge is 0.269 e. The van der Waals surface area contributed by atoms with E-state index in [4.69, 9.17) is 4.84 Å². The lowest BCUT2D eigenvalue weighted by Crippen LogP contribution is -2.22. The molecule has 2 rings (SSSR count). The topological polar surface area (TPSA) is 12.5 Å². The zero-order valence-corrected chi connectivity index (χ0v) is 7.08. The standard InChI is InChI=1S/C10H11NO/c1-8-10-6-4-3-5-9(10)7-12-11(8)2/h3-6H,1,7H2,2H3. The second-order valence-electron chi connectivity index (χ2n) is 2.87. The fourth-order valence-corrected chi connectivity index (χ4v) is 1.34. The van der Waals surface area contributed by atoms with Crippen molar-refractivity contribution < 1.29 is 4.84 Å². The maximum atomic E-state index is 5.35. The van der Waals surface area contributed by atoms with E-state index in [1.54, 1.807) is 5.06 Å². The first kappa shape index (κ1) is 7.37. The van der Waals surface area contributed by atoms with Crippen LogP contribution in [0.2, 0.25) is 0 Å². The molecule has 1 heterocycles. The average Bonchev–Trinajstić information content (AvgIpc) is 2.12. The lowest BCUT2D eigenvalue weighted by Gasteiger charge is -2.27. The van der Waals surface area contributed by atoms with Crippen LogP contribution in [0.25, 0.3) is 5.70 Å². The van der Waals surface area contributed by atoms with E-state index in [9.17, 15) is 0 Å². The van der Waals surface area contributed by atoms with Crippen molar-refractivity contribution in [1.29, 1.82) is 0 Å². The van der Waals surface area contributed by atoms with Gasteiger partial charge in [-0.05, 0) is 5.56 Å². The lowest BCUT2D eigenvalue weighted by molar-refractivity contribution is -0.108. The Morgan fingerprint density at radius 3 is 3.00 bits per heavy atom. The first-order valence-corrected chi connectivity index (χ1v) is 3.93. The Balaban J connectivity index is 2.49. The fraction of sp³-hybridized carbons (Fsp3) is 0.200. The van der Waals surface area contributed by atoms with Crippen LogP contribution in [0.5, 0.6) is 0 Å². The number of hydrogen-bond donors (Lipinski definition) is 0. The van der Waals surface area contributed by atoms with Gasteiger partial charge in [0.2, 0.25) is 0 Å². The molecule has 62 valence electrons.